The lowest BCUT2D eigenvalue weighted by molar-refractivity contribution is 0.174. The van der Waals surface area contributed by atoms with Crippen LogP contribution in [0, 0.1) is 0 Å². The molecule has 0 saturated heterocycles. The van der Waals surface area contributed by atoms with Gasteiger partial charge in [-0.05, 0) is 19.4 Å². The molecule has 0 heterocycles. The summed E-state index contributed by atoms with van der Waals surface area (Å²) in [7, 11) is 0. The van der Waals surface area contributed by atoms with E-state index in [4.69, 9.17) is 0 Å². The average molecular weight is 225 g/mol. The largest absolute Gasteiger partial charge is 0.381 e. The maximum absolute atomic E-state index is 12.4. The smallest absolute Gasteiger partial charge is 0.277 e. The molecular weight excluding hydrogens is 210 g/mol. The summed E-state index contributed by atoms with van der Waals surface area (Å²) < 4.78 is 48.9. The van der Waals surface area contributed by atoms with E-state index in [0.717, 1.165) is 0 Å². The zero-order valence-corrected chi connectivity index (χ0v) is 8.74. The molecule has 0 aliphatic rings. The molecule has 0 fully saturated rings. The number of allylic oxidation sites excluding steroid dienone is 3. The van der Waals surface area contributed by atoms with Gasteiger partial charge in [0.2, 0.25) is 0 Å². The van der Waals surface area contributed by atoms with Crippen molar-refractivity contribution >= 4 is 0 Å². The van der Waals surface area contributed by atoms with Gasteiger partial charge in [0.25, 0.3) is 12.9 Å². The van der Waals surface area contributed by atoms with Crippen molar-refractivity contribution < 1.29 is 17.6 Å². The number of halogens is 4. The summed E-state index contributed by atoms with van der Waals surface area (Å²) in [5.41, 5.74) is -1.12. The van der Waals surface area contributed by atoms with E-state index in [1.54, 1.807) is 6.92 Å². The lowest BCUT2D eigenvalue weighted by Crippen LogP contribution is -2.28. The Kier molecular flexibility index (Phi) is 6.05. The lowest BCUT2D eigenvalue weighted by atomic mass is 10.2. The molecule has 5 heteroatoms. The van der Waals surface area contributed by atoms with Gasteiger partial charge >= 0.3 is 0 Å². The minimum absolute atomic E-state index is 0.185. The normalized spacial score (nSPS) is 14.5. The lowest BCUT2D eigenvalue weighted by Gasteiger charge is -2.16. The number of hydrogen-bond donors (Lipinski definition) is 1. The molecule has 15 heavy (non-hydrogen) atoms. The van der Waals surface area contributed by atoms with E-state index >= 15 is 0 Å². The van der Waals surface area contributed by atoms with Crippen molar-refractivity contribution in [3.63, 3.8) is 0 Å². The van der Waals surface area contributed by atoms with E-state index in [1.807, 2.05) is 6.92 Å². The fraction of sp³-hybridized carbons (Fsp3) is 0.600. The van der Waals surface area contributed by atoms with Crippen molar-refractivity contribution in [2.45, 2.75) is 39.2 Å². The van der Waals surface area contributed by atoms with E-state index < -0.39 is 24.1 Å². The Labute approximate surface area is 86.9 Å². The van der Waals surface area contributed by atoms with E-state index in [2.05, 4.69) is 11.9 Å². The first-order valence-electron chi connectivity index (χ1n) is 4.61. The fourth-order valence-corrected chi connectivity index (χ4v) is 0.817. The summed E-state index contributed by atoms with van der Waals surface area (Å²) in [5.74, 6) is 0. The predicted molar refractivity (Wildman–Crippen MR) is 52.1 cm³/mol. The first-order chi connectivity index (χ1) is 6.88. The van der Waals surface area contributed by atoms with Gasteiger partial charge in [-0.3, -0.25) is 0 Å². The van der Waals surface area contributed by atoms with Crippen LogP contribution < -0.4 is 5.32 Å². The average Bonchev–Trinajstić information content (AvgIpc) is 2.15. The van der Waals surface area contributed by atoms with Crippen LogP contribution in [0.3, 0.4) is 0 Å². The van der Waals surface area contributed by atoms with E-state index in [1.165, 1.54) is 0 Å². The van der Waals surface area contributed by atoms with Gasteiger partial charge < -0.3 is 5.32 Å². The monoisotopic (exact) mass is 225 g/mol. The Hall–Kier alpha value is -1.00. The van der Waals surface area contributed by atoms with E-state index in [9.17, 15) is 17.6 Å². The molecule has 0 aliphatic carbocycles. The summed E-state index contributed by atoms with van der Waals surface area (Å²) in [5, 5.41) is 2.47. The molecule has 1 unspecified atom stereocenters. The summed E-state index contributed by atoms with van der Waals surface area (Å²) in [4.78, 5) is 0. The van der Waals surface area contributed by atoms with Crippen molar-refractivity contribution in [1.82, 2.24) is 5.32 Å². The third-order valence-corrected chi connectivity index (χ3v) is 1.88. The van der Waals surface area contributed by atoms with Crippen molar-refractivity contribution in [1.29, 1.82) is 0 Å². The Balaban J connectivity index is 4.59. The van der Waals surface area contributed by atoms with Gasteiger partial charge in [0.05, 0.1) is 5.70 Å². The number of nitrogens with one attached hydrogen (secondary N) is 1. The van der Waals surface area contributed by atoms with Crippen LogP contribution in [0.1, 0.15) is 20.3 Å². The molecule has 0 bridgehead atoms. The molecule has 1 nitrogen and oxygen atoms in total. The number of alkyl halides is 4. The van der Waals surface area contributed by atoms with E-state index in [0.29, 0.717) is 12.5 Å². The van der Waals surface area contributed by atoms with E-state index in [-0.39, 0.29) is 6.04 Å². The van der Waals surface area contributed by atoms with Gasteiger partial charge in [0.15, 0.2) is 0 Å². The highest BCUT2D eigenvalue weighted by molar-refractivity contribution is 5.23. The summed E-state index contributed by atoms with van der Waals surface area (Å²) in [6.45, 7) is 6.51. The Morgan fingerprint density at radius 3 is 2.13 bits per heavy atom. The van der Waals surface area contributed by atoms with Gasteiger partial charge in [0.1, 0.15) is 0 Å². The number of rotatable bonds is 6. The molecule has 0 amide bonds. The highest BCUT2D eigenvalue weighted by atomic mass is 19.3. The van der Waals surface area contributed by atoms with Crippen LogP contribution in [0.25, 0.3) is 0 Å². The van der Waals surface area contributed by atoms with Gasteiger partial charge in [-0.2, -0.15) is 0 Å². The first-order valence-corrected chi connectivity index (χ1v) is 4.61. The molecule has 1 N–H and O–H groups in total. The highest BCUT2D eigenvalue weighted by Crippen LogP contribution is 2.14. The summed E-state index contributed by atoms with van der Waals surface area (Å²) >= 11 is 0. The highest BCUT2D eigenvalue weighted by Gasteiger charge is 2.15. The molecule has 0 radical (unpaired) electrons. The van der Waals surface area contributed by atoms with Gasteiger partial charge in [0, 0.05) is 11.6 Å². The van der Waals surface area contributed by atoms with Crippen molar-refractivity contribution in [3.8, 4) is 0 Å². The van der Waals surface area contributed by atoms with Crippen LogP contribution in [0.4, 0.5) is 17.6 Å². The van der Waals surface area contributed by atoms with Gasteiger partial charge in [-0.15, -0.1) is 0 Å². The molecule has 0 saturated carbocycles. The molecule has 0 spiro atoms. The summed E-state index contributed by atoms with van der Waals surface area (Å²) in [6.07, 6.45) is -4.26. The van der Waals surface area contributed by atoms with Crippen LogP contribution in [0.2, 0.25) is 0 Å². The first kappa shape index (κ1) is 14.0. The quantitative estimate of drug-likeness (QED) is 0.540. The minimum atomic E-state index is -2.81. The predicted octanol–water partition coefficient (Wildman–Crippen LogP) is 3.34. The van der Waals surface area contributed by atoms with Crippen LogP contribution in [0.5, 0.6) is 0 Å². The van der Waals surface area contributed by atoms with Crippen molar-refractivity contribution in [3.05, 3.63) is 23.9 Å². The molecule has 88 valence electrons. The second-order valence-electron chi connectivity index (χ2n) is 3.23. The maximum Gasteiger partial charge on any atom is 0.277 e. The zero-order chi connectivity index (χ0) is 12.0. The second-order valence-corrected chi connectivity index (χ2v) is 3.23. The topological polar surface area (TPSA) is 12.0 Å². The van der Waals surface area contributed by atoms with Crippen molar-refractivity contribution in [2.75, 3.05) is 0 Å². The van der Waals surface area contributed by atoms with Crippen LogP contribution in [0.15, 0.2) is 23.9 Å². The van der Waals surface area contributed by atoms with Gasteiger partial charge in [-0.1, -0.05) is 13.5 Å². The second kappa shape index (κ2) is 6.48. The molecule has 0 aliphatic heterocycles. The van der Waals surface area contributed by atoms with Crippen molar-refractivity contribution in [2.24, 2.45) is 0 Å². The molecule has 0 aromatic heterocycles. The Bertz CT molecular complexity index is 236. The SMILES string of the molecule is C=C(/C=C(\NC(C)CC)C(F)F)C(F)F. The summed E-state index contributed by atoms with van der Waals surface area (Å²) in [6, 6.07) is -0.185. The van der Waals surface area contributed by atoms with Crippen LogP contribution in [-0.4, -0.2) is 18.9 Å². The standard InChI is InChI=1S/C10H15F4N/c1-4-7(3)15-8(10(13)14)5-6(2)9(11)12/h5,7,9-10,15H,2,4H2,1,3H3/b8-5-. The molecular formula is C10H15F4N. The Morgan fingerprint density at radius 1 is 1.27 bits per heavy atom. The fourth-order valence-electron chi connectivity index (χ4n) is 0.817. The zero-order valence-electron chi connectivity index (χ0n) is 8.74. The molecule has 0 aromatic rings. The Morgan fingerprint density at radius 2 is 1.80 bits per heavy atom. The van der Waals surface area contributed by atoms with Crippen LogP contribution >= 0.6 is 0 Å². The van der Waals surface area contributed by atoms with Gasteiger partial charge in [-0.25, -0.2) is 17.6 Å². The molecule has 1 atom stereocenters. The number of hydrogen-bond acceptors (Lipinski definition) is 1. The third kappa shape index (κ3) is 5.44. The minimum Gasteiger partial charge on any atom is -0.381 e. The maximum atomic E-state index is 12.4. The van der Waals surface area contributed by atoms with Crippen LogP contribution in [-0.2, 0) is 0 Å². The third-order valence-electron chi connectivity index (χ3n) is 1.88. The molecule has 0 rings (SSSR count). The molecule has 0 aromatic carbocycles.